The third-order valence-corrected chi connectivity index (χ3v) is 4.08. The number of nitrogens with one attached hydrogen (secondary N) is 1. The highest BCUT2D eigenvalue weighted by Gasteiger charge is 2.16. The summed E-state index contributed by atoms with van der Waals surface area (Å²) in [6.45, 7) is 3.36. The Labute approximate surface area is 117 Å². The number of hydrogen-bond donors (Lipinski definition) is 1. The summed E-state index contributed by atoms with van der Waals surface area (Å²) in [5, 5.41) is 3.46. The van der Waals surface area contributed by atoms with E-state index in [0.717, 1.165) is 5.39 Å². The monoisotopic (exact) mass is 290 g/mol. The van der Waals surface area contributed by atoms with Gasteiger partial charge in [-0.15, -0.1) is 6.58 Å². The third kappa shape index (κ3) is 3.42. The first kappa shape index (κ1) is 14.2. The average molecular weight is 290 g/mol. The Kier molecular flexibility index (Phi) is 4.14. The Morgan fingerprint density at radius 1 is 1.30 bits per heavy atom. The van der Waals surface area contributed by atoms with Gasteiger partial charge in [0.15, 0.2) is 9.84 Å². The summed E-state index contributed by atoms with van der Waals surface area (Å²) in [5.41, 5.74) is 1.13. The first-order chi connectivity index (χ1) is 9.52. The van der Waals surface area contributed by atoms with E-state index in [4.69, 9.17) is 0 Å². The van der Waals surface area contributed by atoms with Crippen molar-refractivity contribution in [1.82, 2.24) is 4.98 Å². The maximum atomic E-state index is 11.8. The summed E-state index contributed by atoms with van der Waals surface area (Å²) < 4.78 is 23.1. The summed E-state index contributed by atoms with van der Waals surface area (Å²) in [6.07, 6.45) is 2.88. The van der Waals surface area contributed by atoms with E-state index in [1.165, 1.54) is 6.08 Å². The summed E-state index contributed by atoms with van der Waals surface area (Å²) in [4.78, 5) is 16.0. The number of aromatic nitrogens is 1. The Bertz CT molecular complexity index is 749. The molecule has 5 nitrogen and oxygen atoms in total. The van der Waals surface area contributed by atoms with E-state index in [-0.39, 0.29) is 5.75 Å². The molecule has 0 unspecified atom stereocenters. The minimum atomic E-state index is -3.45. The highest BCUT2D eigenvalue weighted by atomic mass is 32.2. The number of nitrogens with zero attached hydrogens (tertiary/aromatic N) is 1. The number of benzene rings is 1. The molecule has 0 aliphatic rings. The van der Waals surface area contributed by atoms with Crippen LogP contribution in [0.25, 0.3) is 10.9 Å². The second-order valence-corrected chi connectivity index (χ2v) is 6.38. The van der Waals surface area contributed by atoms with Crippen molar-refractivity contribution in [3.63, 3.8) is 0 Å². The van der Waals surface area contributed by atoms with Crippen LogP contribution in [0.2, 0.25) is 0 Å². The van der Waals surface area contributed by atoms with Gasteiger partial charge in [0.2, 0.25) is 5.91 Å². The molecular weight excluding hydrogens is 276 g/mol. The number of sulfone groups is 1. The van der Waals surface area contributed by atoms with Crippen LogP contribution in [0.4, 0.5) is 5.69 Å². The van der Waals surface area contributed by atoms with Crippen molar-refractivity contribution in [2.75, 3.05) is 16.8 Å². The molecule has 0 aliphatic heterocycles. The first-order valence-electron chi connectivity index (χ1n) is 5.97. The maximum Gasteiger partial charge on any atom is 0.239 e. The predicted molar refractivity (Wildman–Crippen MR) is 79.2 cm³/mol. The van der Waals surface area contributed by atoms with Gasteiger partial charge in [0.25, 0.3) is 0 Å². The lowest BCUT2D eigenvalue weighted by Crippen LogP contribution is -2.24. The largest absolute Gasteiger partial charge is 0.323 e. The van der Waals surface area contributed by atoms with Crippen molar-refractivity contribution in [2.24, 2.45) is 0 Å². The van der Waals surface area contributed by atoms with Gasteiger partial charge in [-0.05, 0) is 12.1 Å². The molecule has 0 atom stereocenters. The fourth-order valence-electron chi connectivity index (χ4n) is 1.83. The zero-order valence-corrected chi connectivity index (χ0v) is 11.6. The lowest BCUT2D eigenvalue weighted by Gasteiger charge is -2.07. The van der Waals surface area contributed by atoms with Gasteiger partial charge in [0.1, 0.15) is 5.75 Å². The van der Waals surface area contributed by atoms with Crippen molar-refractivity contribution < 1.29 is 13.2 Å². The molecule has 0 saturated carbocycles. The quantitative estimate of drug-likeness (QED) is 0.852. The van der Waals surface area contributed by atoms with Gasteiger partial charge in [-0.3, -0.25) is 9.78 Å². The number of fused-ring (bicyclic) bond motifs is 1. The number of rotatable bonds is 5. The van der Waals surface area contributed by atoms with Gasteiger partial charge in [0.05, 0.1) is 17.0 Å². The summed E-state index contributed by atoms with van der Waals surface area (Å²) in [5.74, 6) is -1.36. The minimum Gasteiger partial charge on any atom is -0.323 e. The lowest BCUT2D eigenvalue weighted by molar-refractivity contribution is -0.113. The second kappa shape index (κ2) is 5.83. The molecule has 1 amide bonds. The molecule has 1 heterocycles. The molecule has 20 heavy (non-hydrogen) atoms. The van der Waals surface area contributed by atoms with Gasteiger partial charge in [0, 0.05) is 11.6 Å². The van der Waals surface area contributed by atoms with Crippen molar-refractivity contribution in [3.05, 3.63) is 49.2 Å². The van der Waals surface area contributed by atoms with Crippen LogP contribution in [0, 0.1) is 0 Å². The fraction of sp³-hybridized carbons (Fsp3) is 0.143. The molecule has 1 aromatic heterocycles. The fourth-order valence-corrected chi connectivity index (χ4v) is 2.78. The first-order valence-corrected chi connectivity index (χ1v) is 7.79. The molecule has 0 spiro atoms. The predicted octanol–water partition coefficient (Wildman–Crippen LogP) is 1.77. The van der Waals surface area contributed by atoms with Crippen molar-refractivity contribution in [2.45, 2.75) is 0 Å². The highest BCUT2D eigenvalue weighted by molar-refractivity contribution is 7.92. The minimum absolute atomic E-state index is 0.214. The summed E-state index contributed by atoms with van der Waals surface area (Å²) in [7, 11) is -3.45. The summed E-state index contributed by atoms with van der Waals surface area (Å²) in [6, 6.07) is 8.99. The zero-order chi connectivity index (χ0) is 14.6. The molecular formula is C14H14N2O3S. The molecule has 2 rings (SSSR count). The number of anilines is 1. The Morgan fingerprint density at radius 2 is 2.05 bits per heavy atom. The van der Waals surface area contributed by atoms with Crippen LogP contribution in [-0.4, -0.2) is 30.8 Å². The zero-order valence-electron chi connectivity index (χ0n) is 10.7. The lowest BCUT2D eigenvalue weighted by atomic mass is 10.2. The van der Waals surface area contributed by atoms with Crippen LogP contribution in [0.3, 0.4) is 0 Å². The highest BCUT2D eigenvalue weighted by Crippen LogP contribution is 2.20. The van der Waals surface area contributed by atoms with Crippen LogP contribution in [0.5, 0.6) is 0 Å². The maximum absolute atomic E-state index is 11.8. The van der Waals surface area contributed by atoms with E-state index in [1.54, 1.807) is 24.4 Å². The number of para-hydroxylation sites is 1. The molecule has 6 heteroatoms. The molecule has 1 N–H and O–H groups in total. The van der Waals surface area contributed by atoms with Gasteiger partial charge in [-0.2, -0.15) is 0 Å². The van der Waals surface area contributed by atoms with Crippen LogP contribution in [-0.2, 0) is 14.6 Å². The number of amides is 1. The Hall–Kier alpha value is -2.21. The van der Waals surface area contributed by atoms with E-state index >= 15 is 0 Å². The molecule has 0 radical (unpaired) electrons. The van der Waals surface area contributed by atoms with Crippen LogP contribution in [0.15, 0.2) is 49.2 Å². The van der Waals surface area contributed by atoms with Crippen molar-refractivity contribution in [1.29, 1.82) is 0 Å². The molecule has 0 fully saturated rings. The molecule has 1 aromatic carbocycles. The van der Waals surface area contributed by atoms with E-state index in [2.05, 4.69) is 16.9 Å². The van der Waals surface area contributed by atoms with E-state index in [1.807, 2.05) is 12.1 Å². The van der Waals surface area contributed by atoms with E-state index < -0.39 is 21.5 Å². The van der Waals surface area contributed by atoms with Crippen molar-refractivity contribution in [3.8, 4) is 0 Å². The Morgan fingerprint density at radius 3 is 2.80 bits per heavy atom. The number of hydrogen-bond acceptors (Lipinski definition) is 4. The van der Waals surface area contributed by atoms with Crippen LogP contribution in [0.1, 0.15) is 0 Å². The molecule has 2 aromatic rings. The van der Waals surface area contributed by atoms with Crippen LogP contribution >= 0.6 is 0 Å². The summed E-state index contributed by atoms with van der Waals surface area (Å²) >= 11 is 0. The number of carbonyl (C=O) groups excluding carboxylic acids is 1. The van der Waals surface area contributed by atoms with Gasteiger partial charge in [-0.25, -0.2) is 8.42 Å². The number of carbonyl (C=O) groups is 1. The number of pyridine rings is 1. The standard InChI is InChI=1S/C14H14N2O3S/c1-2-9-20(18,19)10-13(17)16-12-7-3-5-11-6-4-8-15-14(11)12/h2-8H,1,9-10H2,(H,16,17). The molecule has 0 saturated heterocycles. The molecule has 0 bridgehead atoms. The normalized spacial score (nSPS) is 11.2. The van der Waals surface area contributed by atoms with Gasteiger partial charge in [-0.1, -0.05) is 24.3 Å². The SMILES string of the molecule is C=CCS(=O)(=O)CC(=O)Nc1cccc2cccnc12. The van der Waals surface area contributed by atoms with Crippen LogP contribution < -0.4 is 5.32 Å². The Balaban J connectivity index is 2.20. The topological polar surface area (TPSA) is 76.1 Å². The van der Waals surface area contributed by atoms with Gasteiger partial charge < -0.3 is 5.32 Å². The molecule has 0 aliphatic carbocycles. The van der Waals surface area contributed by atoms with E-state index in [9.17, 15) is 13.2 Å². The average Bonchev–Trinajstić information content (AvgIpc) is 2.38. The third-order valence-electron chi connectivity index (χ3n) is 2.63. The van der Waals surface area contributed by atoms with Gasteiger partial charge >= 0.3 is 0 Å². The van der Waals surface area contributed by atoms with E-state index in [0.29, 0.717) is 11.2 Å². The smallest absolute Gasteiger partial charge is 0.239 e. The molecule has 104 valence electrons. The second-order valence-electron chi connectivity index (χ2n) is 4.27. The van der Waals surface area contributed by atoms with Crippen molar-refractivity contribution >= 4 is 32.3 Å².